The van der Waals surface area contributed by atoms with E-state index in [0.717, 1.165) is 21.8 Å². The Morgan fingerprint density at radius 2 is 1.70 bits per heavy atom. The number of rotatable bonds is 1. The van der Waals surface area contributed by atoms with Gasteiger partial charge in [0.2, 0.25) is 0 Å². The van der Waals surface area contributed by atoms with Gasteiger partial charge in [-0.25, -0.2) is 4.79 Å². The van der Waals surface area contributed by atoms with Gasteiger partial charge in [-0.3, -0.25) is 0 Å². The molecule has 0 unspecified atom stereocenters. The zero-order chi connectivity index (χ0) is 14.3. The van der Waals surface area contributed by atoms with Crippen molar-refractivity contribution in [1.82, 2.24) is 4.98 Å². The van der Waals surface area contributed by atoms with E-state index >= 15 is 0 Å². The molecule has 1 aromatic heterocycles. The highest BCUT2D eigenvalue weighted by atomic mass is 16.6. The number of para-hydroxylation sites is 1. The van der Waals surface area contributed by atoms with Crippen LogP contribution in [0.25, 0.3) is 21.8 Å². The summed E-state index contributed by atoms with van der Waals surface area (Å²) in [6.45, 7) is 5.63. The molecule has 2 aromatic carbocycles. The molecular formula is C17H17NO2. The Hall–Kier alpha value is -2.29. The first-order chi connectivity index (χ1) is 9.46. The van der Waals surface area contributed by atoms with E-state index in [9.17, 15) is 4.79 Å². The van der Waals surface area contributed by atoms with Crippen LogP contribution >= 0.6 is 0 Å². The minimum atomic E-state index is -0.495. The van der Waals surface area contributed by atoms with Gasteiger partial charge in [0.1, 0.15) is 5.60 Å². The Labute approximate surface area is 117 Å². The largest absolute Gasteiger partial charge is 0.456 e. The monoisotopic (exact) mass is 267 g/mol. The van der Waals surface area contributed by atoms with Crippen LogP contribution in [0.15, 0.2) is 42.5 Å². The van der Waals surface area contributed by atoms with Crippen LogP contribution in [0.4, 0.5) is 0 Å². The Morgan fingerprint density at radius 1 is 1.00 bits per heavy atom. The van der Waals surface area contributed by atoms with E-state index in [0.29, 0.717) is 5.56 Å². The van der Waals surface area contributed by atoms with Crippen LogP contribution in [-0.2, 0) is 4.74 Å². The second kappa shape index (κ2) is 4.37. The third-order valence-corrected chi connectivity index (χ3v) is 3.15. The zero-order valence-corrected chi connectivity index (χ0v) is 11.9. The summed E-state index contributed by atoms with van der Waals surface area (Å²) in [5, 5.41) is 1.97. The smallest absolute Gasteiger partial charge is 0.339 e. The number of aromatic nitrogens is 1. The van der Waals surface area contributed by atoms with Crippen LogP contribution in [0, 0.1) is 0 Å². The molecule has 3 nitrogen and oxygen atoms in total. The Bertz CT molecular complexity index is 793. The number of fused-ring (bicyclic) bond motifs is 3. The van der Waals surface area contributed by atoms with E-state index in [4.69, 9.17) is 4.74 Å². The summed E-state index contributed by atoms with van der Waals surface area (Å²) in [6.07, 6.45) is 0. The first-order valence-electron chi connectivity index (χ1n) is 6.68. The number of carbonyl (C=O) groups excluding carboxylic acids is 1. The predicted octanol–water partition coefficient (Wildman–Crippen LogP) is 4.28. The molecular weight excluding hydrogens is 250 g/mol. The van der Waals surface area contributed by atoms with Crippen molar-refractivity contribution in [2.75, 3.05) is 0 Å². The molecule has 1 N–H and O–H groups in total. The van der Waals surface area contributed by atoms with Crippen LogP contribution in [0.5, 0.6) is 0 Å². The maximum absolute atomic E-state index is 12.4. The van der Waals surface area contributed by atoms with Crippen molar-refractivity contribution in [2.45, 2.75) is 26.4 Å². The van der Waals surface area contributed by atoms with Gasteiger partial charge < -0.3 is 9.72 Å². The van der Waals surface area contributed by atoms with E-state index in [-0.39, 0.29) is 5.97 Å². The highest BCUT2D eigenvalue weighted by Gasteiger charge is 2.21. The average molecular weight is 267 g/mol. The van der Waals surface area contributed by atoms with Crippen molar-refractivity contribution >= 4 is 27.8 Å². The molecule has 3 rings (SSSR count). The summed E-state index contributed by atoms with van der Waals surface area (Å²) in [4.78, 5) is 15.7. The number of H-pyrrole nitrogens is 1. The molecule has 0 radical (unpaired) electrons. The summed E-state index contributed by atoms with van der Waals surface area (Å²) in [5.74, 6) is -0.284. The zero-order valence-electron chi connectivity index (χ0n) is 11.9. The van der Waals surface area contributed by atoms with E-state index in [1.165, 1.54) is 0 Å². The summed E-state index contributed by atoms with van der Waals surface area (Å²) in [6, 6.07) is 13.6. The fourth-order valence-corrected chi connectivity index (χ4v) is 2.41. The molecule has 0 saturated heterocycles. The number of nitrogens with one attached hydrogen (secondary N) is 1. The van der Waals surface area contributed by atoms with Crippen LogP contribution in [0.1, 0.15) is 31.1 Å². The minimum absolute atomic E-state index is 0.284. The molecule has 0 aliphatic rings. The SMILES string of the molecule is CC(C)(C)OC(=O)c1cccc2[nH]c3ccccc3c12. The van der Waals surface area contributed by atoms with Gasteiger partial charge in [0.15, 0.2) is 0 Å². The summed E-state index contributed by atoms with van der Waals surface area (Å²) in [5.41, 5.74) is 2.09. The number of hydrogen-bond acceptors (Lipinski definition) is 2. The van der Waals surface area contributed by atoms with Gasteiger partial charge in [0, 0.05) is 21.8 Å². The number of esters is 1. The average Bonchev–Trinajstić information content (AvgIpc) is 2.74. The van der Waals surface area contributed by atoms with Crippen LogP contribution in [0.3, 0.4) is 0 Å². The molecule has 0 bridgehead atoms. The van der Waals surface area contributed by atoms with Gasteiger partial charge in [0.05, 0.1) is 5.56 Å². The summed E-state index contributed by atoms with van der Waals surface area (Å²) < 4.78 is 5.50. The van der Waals surface area contributed by atoms with E-state index in [1.807, 2.05) is 63.2 Å². The van der Waals surface area contributed by atoms with Gasteiger partial charge in [-0.2, -0.15) is 0 Å². The summed E-state index contributed by atoms with van der Waals surface area (Å²) >= 11 is 0. The number of hydrogen-bond donors (Lipinski definition) is 1. The molecule has 0 amide bonds. The predicted molar refractivity (Wildman–Crippen MR) is 81.0 cm³/mol. The first kappa shape index (κ1) is 12.7. The van der Waals surface area contributed by atoms with Crippen molar-refractivity contribution in [3.05, 3.63) is 48.0 Å². The fourth-order valence-electron chi connectivity index (χ4n) is 2.41. The standard InChI is InChI=1S/C17H17NO2/c1-17(2,3)20-16(19)12-8-6-10-14-15(12)11-7-4-5-9-13(11)18-14/h4-10,18H,1-3H3. The van der Waals surface area contributed by atoms with Crippen molar-refractivity contribution in [2.24, 2.45) is 0 Å². The number of ether oxygens (including phenoxy) is 1. The molecule has 1 heterocycles. The van der Waals surface area contributed by atoms with Crippen molar-refractivity contribution in [1.29, 1.82) is 0 Å². The molecule has 0 fully saturated rings. The maximum atomic E-state index is 12.4. The second-order valence-electron chi connectivity index (χ2n) is 5.90. The molecule has 0 saturated carbocycles. The topological polar surface area (TPSA) is 42.1 Å². The van der Waals surface area contributed by atoms with Crippen molar-refractivity contribution < 1.29 is 9.53 Å². The lowest BCUT2D eigenvalue weighted by molar-refractivity contribution is 0.00719. The molecule has 0 spiro atoms. The Kier molecular flexibility index (Phi) is 2.78. The van der Waals surface area contributed by atoms with Gasteiger partial charge in [-0.1, -0.05) is 24.3 Å². The Balaban J connectivity index is 2.23. The van der Waals surface area contributed by atoms with Crippen LogP contribution in [-0.4, -0.2) is 16.6 Å². The third kappa shape index (κ3) is 2.16. The van der Waals surface area contributed by atoms with Crippen molar-refractivity contribution in [3.8, 4) is 0 Å². The quantitative estimate of drug-likeness (QED) is 0.669. The van der Waals surface area contributed by atoms with Gasteiger partial charge in [-0.15, -0.1) is 0 Å². The first-order valence-corrected chi connectivity index (χ1v) is 6.68. The molecule has 3 aromatic rings. The lowest BCUT2D eigenvalue weighted by Gasteiger charge is -2.19. The van der Waals surface area contributed by atoms with E-state index in [2.05, 4.69) is 4.98 Å². The molecule has 20 heavy (non-hydrogen) atoms. The highest BCUT2D eigenvalue weighted by molar-refractivity contribution is 6.16. The molecule has 0 aliphatic carbocycles. The number of carbonyl (C=O) groups is 1. The lowest BCUT2D eigenvalue weighted by Crippen LogP contribution is -2.23. The van der Waals surface area contributed by atoms with Gasteiger partial charge in [-0.05, 0) is 39.0 Å². The molecule has 102 valence electrons. The number of benzene rings is 2. The lowest BCUT2D eigenvalue weighted by atomic mass is 10.1. The van der Waals surface area contributed by atoms with E-state index < -0.39 is 5.60 Å². The van der Waals surface area contributed by atoms with Crippen LogP contribution in [0.2, 0.25) is 0 Å². The maximum Gasteiger partial charge on any atom is 0.339 e. The fraction of sp³-hybridized carbons (Fsp3) is 0.235. The van der Waals surface area contributed by atoms with Crippen LogP contribution < -0.4 is 0 Å². The minimum Gasteiger partial charge on any atom is -0.456 e. The number of aromatic amines is 1. The van der Waals surface area contributed by atoms with Crippen molar-refractivity contribution in [3.63, 3.8) is 0 Å². The Morgan fingerprint density at radius 3 is 2.45 bits per heavy atom. The summed E-state index contributed by atoms with van der Waals surface area (Å²) in [7, 11) is 0. The third-order valence-electron chi connectivity index (χ3n) is 3.15. The van der Waals surface area contributed by atoms with Gasteiger partial charge in [0.25, 0.3) is 0 Å². The van der Waals surface area contributed by atoms with Gasteiger partial charge >= 0.3 is 5.97 Å². The second-order valence-corrected chi connectivity index (χ2v) is 5.90. The molecule has 0 aliphatic heterocycles. The highest BCUT2D eigenvalue weighted by Crippen LogP contribution is 2.29. The molecule has 3 heteroatoms. The normalized spacial score (nSPS) is 11.9. The van der Waals surface area contributed by atoms with E-state index in [1.54, 1.807) is 0 Å². The molecule has 0 atom stereocenters.